The van der Waals surface area contributed by atoms with Crippen LogP contribution in [0.2, 0.25) is 5.02 Å². The van der Waals surface area contributed by atoms with E-state index in [1.807, 2.05) is 24.3 Å². The van der Waals surface area contributed by atoms with Gasteiger partial charge >= 0.3 is 0 Å². The van der Waals surface area contributed by atoms with Crippen LogP contribution < -0.4 is 19.1 Å². The van der Waals surface area contributed by atoms with Crippen LogP contribution in [0.4, 0.5) is 5.69 Å². The standard InChI is InChI=1S/C20H25ClN2O5S/c1-27-18-11-10-17(13-19(18)28-2)23(29(3,25)26)14-20(24)22-12-4-5-15-6-8-16(21)9-7-15/h6-11,13H,4-5,12,14H2,1-3H3,(H,22,24). The zero-order valence-electron chi connectivity index (χ0n) is 16.6. The normalized spacial score (nSPS) is 11.0. The fourth-order valence-electron chi connectivity index (χ4n) is 2.74. The van der Waals surface area contributed by atoms with Crippen molar-refractivity contribution >= 4 is 33.2 Å². The lowest BCUT2D eigenvalue weighted by Gasteiger charge is -2.23. The van der Waals surface area contributed by atoms with Crippen LogP contribution in [-0.4, -0.2) is 47.9 Å². The Balaban J connectivity index is 1.97. The zero-order valence-corrected chi connectivity index (χ0v) is 18.2. The molecule has 7 nitrogen and oxygen atoms in total. The van der Waals surface area contributed by atoms with E-state index in [4.69, 9.17) is 21.1 Å². The summed E-state index contributed by atoms with van der Waals surface area (Å²) >= 11 is 5.86. The van der Waals surface area contributed by atoms with Crippen molar-refractivity contribution in [1.29, 1.82) is 0 Å². The molecule has 0 atom stereocenters. The summed E-state index contributed by atoms with van der Waals surface area (Å²) in [5.41, 5.74) is 1.44. The van der Waals surface area contributed by atoms with Gasteiger partial charge in [-0.1, -0.05) is 23.7 Å². The molecule has 0 aliphatic carbocycles. The lowest BCUT2D eigenvalue weighted by molar-refractivity contribution is -0.119. The Morgan fingerprint density at radius 1 is 1.07 bits per heavy atom. The SMILES string of the molecule is COc1ccc(N(CC(=O)NCCCc2ccc(Cl)cc2)S(C)(=O)=O)cc1OC. The van der Waals surface area contributed by atoms with Crippen LogP contribution in [0.25, 0.3) is 0 Å². The van der Waals surface area contributed by atoms with Crippen LogP contribution in [0, 0.1) is 0 Å². The van der Waals surface area contributed by atoms with E-state index in [2.05, 4.69) is 5.32 Å². The Kier molecular flexibility index (Phi) is 8.16. The molecular formula is C20H25ClN2O5S. The number of anilines is 1. The minimum absolute atomic E-state index is 0.321. The van der Waals surface area contributed by atoms with Gasteiger partial charge in [-0.25, -0.2) is 8.42 Å². The highest BCUT2D eigenvalue weighted by molar-refractivity contribution is 7.92. The lowest BCUT2D eigenvalue weighted by Crippen LogP contribution is -2.40. The number of rotatable bonds is 10. The zero-order chi connectivity index (χ0) is 21.4. The summed E-state index contributed by atoms with van der Waals surface area (Å²) < 4.78 is 35.9. The summed E-state index contributed by atoms with van der Waals surface area (Å²) in [4.78, 5) is 12.3. The summed E-state index contributed by atoms with van der Waals surface area (Å²) in [6.07, 6.45) is 2.56. The highest BCUT2D eigenvalue weighted by atomic mass is 35.5. The van der Waals surface area contributed by atoms with Gasteiger partial charge in [0.25, 0.3) is 0 Å². The number of benzene rings is 2. The number of hydrogen-bond donors (Lipinski definition) is 1. The average molecular weight is 441 g/mol. The number of sulfonamides is 1. The molecule has 158 valence electrons. The molecule has 2 rings (SSSR count). The van der Waals surface area contributed by atoms with Gasteiger partial charge in [0.05, 0.1) is 26.2 Å². The van der Waals surface area contributed by atoms with Crippen LogP contribution in [0.5, 0.6) is 11.5 Å². The first-order valence-electron chi connectivity index (χ1n) is 8.95. The third kappa shape index (κ3) is 6.83. The minimum Gasteiger partial charge on any atom is -0.493 e. The fraction of sp³-hybridized carbons (Fsp3) is 0.350. The molecule has 0 saturated carbocycles. The van der Waals surface area contributed by atoms with Crippen LogP contribution in [0.15, 0.2) is 42.5 Å². The second kappa shape index (κ2) is 10.4. The van der Waals surface area contributed by atoms with Gasteiger partial charge in [-0.15, -0.1) is 0 Å². The van der Waals surface area contributed by atoms with Crippen molar-refractivity contribution in [1.82, 2.24) is 5.32 Å². The highest BCUT2D eigenvalue weighted by Gasteiger charge is 2.22. The van der Waals surface area contributed by atoms with Crippen molar-refractivity contribution in [2.45, 2.75) is 12.8 Å². The third-order valence-corrected chi connectivity index (χ3v) is 5.61. The van der Waals surface area contributed by atoms with Gasteiger partial charge < -0.3 is 14.8 Å². The predicted molar refractivity (Wildman–Crippen MR) is 115 cm³/mol. The van der Waals surface area contributed by atoms with Gasteiger partial charge in [0, 0.05) is 17.6 Å². The van der Waals surface area contributed by atoms with E-state index in [1.165, 1.54) is 20.3 Å². The van der Waals surface area contributed by atoms with Crippen molar-refractivity contribution in [2.24, 2.45) is 0 Å². The van der Waals surface area contributed by atoms with E-state index >= 15 is 0 Å². The van der Waals surface area contributed by atoms with Crippen molar-refractivity contribution in [3.63, 3.8) is 0 Å². The molecule has 0 aliphatic rings. The van der Waals surface area contributed by atoms with Gasteiger partial charge in [0.15, 0.2) is 11.5 Å². The van der Waals surface area contributed by atoms with E-state index in [1.54, 1.807) is 12.1 Å². The Labute approximate surface area is 176 Å². The number of amides is 1. The number of carbonyl (C=O) groups is 1. The van der Waals surface area contributed by atoms with Crippen LogP contribution >= 0.6 is 11.6 Å². The van der Waals surface area contributed by atoms with E-state index in [-0.39, 0.29) is 12.5 Å². The largest absolute Gasteiger partial charge is 0.493 e. The predicted octanol–water partition coefficient (Wildman–Crippen LogP) is 2.87. The molecule has 2 aromatic carbocycles. The van der Waals surface area contributed by atoms with E-state index in [0.29, 0.717) is 28.8 Å². The summed E-state index contributed by atoms with van der Waals surface area (Å²) in [7, 11) is -0.724. The number of hydrogen-bond acceptors (Lipinski definition) is 5. The van der Waals surface area contributed by atoms with Gasteiger partial charge in [-0.3, -0.25) is 9.10 Å². The number of nitrogens with one attached hydrogen (secondary N) is 1. The quantitative estimate of drug-likeness (QED) is 0.574. The number of ether oxygens (including phenoxy) is 2. The molecule has 0 heterocycles. The van der Waals surface area contributed by atoms with Gasteiger partial charge in [0.2, 0.25) is 15.9 Å². The molecule has 0 aliphatic heterocycles. The smallest absolute Gasteiger partial charge is 0.240 e. The molecule has 0 spiro atoms. The monoisotopic (exact) mass is 440 g/mol. The Morgan fingerprint density at radius 2 is 1.72 bits per heavy atom. The first-order valence-corrected chi connectivity index (χ1v) is 11.2. The highest BCUT2D eigenvalue weighted by Crippen LogP contribution is 2.32. The Bertz CT molecular complexity index is 932. The maximum absolute atomic E-state index is 12.3. The number of halogens is 1. The Hall–Kier alpha value is -2.45. The average Bonchev–Trinajstić information content (AvgIpc) is 2.69. The Morgan fingerprint density at radius 3 is 2.31 bits per heavy atom. The summed E-state index contributed by atoms with van der Waals surface area (Å²) in [5.74, 6) is 0.458. The molecule has 2 aromatic rings. The summed E-state index contributed by atoms with van der Waals surface area (Å²) in [6, 6.07) is 12.2. The molecule has 0 unspecified atom stereocenters. The molecule has 0 aromatic heterocycles. The molecular weight excluding hydrogens is 416 g/mol. The lowest BCUT2D eigenvalue weighted by atomic mass is 10.1. The maximum Gasteiger partial charge on any atom is 0.240 e. The van der Waals surface area contributed by atoms with Gasteiger partial charge in [0.1, 0.15) is 6.54 Å². The van der Waals surface area contributed by atoms with Gasteiger partial charge in [-0.2, -0.15) is 0 Å². The van der Waals surface area contributed by atoms with Gasteiger partial charge in [-0.05, 0) is 42.7 Å². The second-order valence-electron chi connectivity index (χ2n) is 6.39. The number of nitrogens with zero attached hydrogens (tertiary/aromatic N) is 1. The van der Waals surface area contributed by atoms with E-state index < -0.39 is 10.0 Å². The van der Waals surface area contributed by atoms with Crippen LogP contribution in [0.3, 0.4) is 0 Å². The third-order valence-electron chi connectivity index (χ3n) is 4.22. The van der Waals surface area contributed by atoms with Crippen molar-refractivity contribution in [3.05, 3.63) is 53.1 Å². The first-order chi connectivity index (χ1) is 13.7. The number of methoxy groups -OCH3 is 2. The number of aryl methyl sites for hydroxylation is 1. The molecule has 0 saturated heterocycles. The summed E-state index contributed by atoms with van der Waals surface area (Å²) in [5, 5.41) is 3.44. The summed E-state index contributed by atoms with van der Waals surface area (Å²) in [6.45, 7) is 0.111. The first kappa shape index (κ1) is 22.8. The molecule has 29 heavy (non-hydrogen) atoms. The topological polar surface area (TPSA) is 84.9 Å². The molecule has 1 amide bonds. The van der Waals surface area contributed by atoms with E-state index in [9.17, 15) is 13.2 Å². The van der Waals surface area contributed by atoms with Crippen molar-refractivity contribution in [3.8, 4) is 11.5 Å². The number of carbonyl (C=O) groups excluding carboxylic acids is 1. The molecule has 9 heteroatoms. The van der Waals surface area contributed by atoms with Crippen molar-refractivity contribution in [2.75, 3.05) is 37.9 Å². The van der Waals surface area contributed by atoms with Crippen molar-refractivity contribution < 1.29 is 22.7 Å². The van der Waals surface area contributed by atoms with Crippen LogP contribution in [-0.2, 0) is 21.2 Å². The minimum atomic E-state index is -3.67. The fourth-order valence-corrected chi connectivity index (χ4v) is 3.71. The van der Waals surface area contributed by atoms with Crippen LogP contribution in [0.1, 0.15) is 12.0 Å². The molecule has 1 N–H and O–H groups in total. The molecule has 0 fully saturated rings. The van der Waals surface area contributed by atoms with E-state index in [0.717, 1.165) is 29.0 Å². The molecule has 0 radical (unpaired) electrons. The second-order valence-corrected chi connectivity index (χ2v) is 8.73. The molecule has 0 bridgehead atoms. The maximum atomic E-state index is 12.3.